The zero-order chi connectivity index (χ0) is 12.5. The molecule has 2 N–H and O–H groups in total. The third-order valence-corrected chi connectivity index (χ3v) is 3.88. The van der Waals surface area contributed by atoms with Gasteiger partial charge < -0.3 is 10.5 Å². The predicted octanol–water partition coefficient (Wildman–Crippen LogP) is 3.17. The lowest BCUT2D eigenvalue weighted by Crippen LogP contribution is -2.30. The highest BCUT2D eigenvalue weighted by molar-refractivity contribution is 5.39. The van der Waals surface area contributed by atoms with Gasteiger partial charge in [0, 0.05) is 11.5 Å². The molecule has 2 heteroatoms. The van der Waals surface area contributed by atoms with Gasteiger partial charge in [-0.2, -0.15) is 0 Å². The minimum Gasteiger partial charge on any atom is -0.493 e. The Hall–Kier alpha value is -1.02. The molecular formula is C15H23NO. The Morgan fingerprint density at radius 2 is 2.06 bits per heavy atom. The average Bonchev–Trinajstić information content (AvgIpc) is 2.67. The van der Waals surface area contributed by atoms with Crippen molar-refractivity contribution in [2.45, 2.75) is 33.1 Å². The minimum absolute atomic E-state index is 0.270. The van der Waals surface area contributed by atoms with Crippen LogP contribution in [0.5, 0.6) is 5.75 Å². The van der Waals surface area contributed by atoms with Crippen molar-refractivity contribution in [1.82, 2.24) is 0 Å². The highest BCUT2D eigenvalue weighted by atomic mass is 16.5. The maximum atomic E-state index is 5.92. The van der Waals surface area contributed by atoms with Crippen LogP contribution in [0.25, 0.3) is 0 Å². The van der Waals surface area contributed by atoms with Crippen LogP contribution in [-0.2, 0) is 0 Å². The average molecular weight is 233 g/mol. The van der Waals surface area contributed by atoms with Gasteiger partial charge in [0.1, 0.15) is 5.75 Å². The van der Waals surface area contributed by atoms with E-state index in [0.29, 0.717) is 11.8 Å². The molecule has 0 fully saturated rings. The summed E-state index contributed by atoms with van der Waals surface area (Å²) in [5.74, 6) is 2.11. The van der Waals surface area contributed by atoms with E-state index >= 15 is 0 Å². The number of hydrogen-bond donors (Lipinski definition) is 1. The Kier molecular flexibility index (Phi) is 3.43. The topological polar surface area (TPSA) is 35.2 Å². The van der Waals surface area contributed by atoms with Gasteiger partial charge in [-0.05, 0) is 30.4 Å². The van der Waals surface area contributed by atoms with Gasteiger partial charge in [-0.3, -0.25) is 0 Å². The molecule has 2 nitrogen and oxygen atoms in total. The molecule has 0 spiro atoms. The van der Waals surface area contributed by atoms with Gasteiger partial charge in [-0.15, -0.1) is 0 Å². The van der Waals surface area contributed by atoms with Crippen molar-refractivity contribution in [3.63, 3.8) is 0 Å². The second-order valence-electron chi connectivity index (χ2n) is 6.08. The van der Waals surface area contributed by atoms with Crippen molar-refractivity contribution in [3.05, 3.63) is 29.8 Å². The first kappa shape index (κ1) is 12.4. The van der Waals surface area contributed by atoms with Gasteiger partial charge in [0.15, 0.2) is 0 Å². The Morgan fingerprint density at radius 1 is 1.35 bits per heavy atom. The summed E-state index contributed by atoms with van der Waals surface area (Å²) in [6.07, 6.45) is 1.12. The van der Waals surface area contributed by atoms with E-state index in [1.807, 2.05) is 6.07 Å². The van der Waals surface area contributed by atoms with Crippen LogP contribution < -0.4 is 10.5 Å². The minimum atomic E-state index is 0.270. The van der Waals surface area contributed by atoms with Crippen molar-refractivity contribution >= 4 is 0 Å². The summed E-state index contributed by atoms with van der Waals surface area (Å²) < 4.78 is 5.73. The maximum Gasteiger partial charge on any atom is 0.122 e. The van der Waals surface area contributed by atoms with E-state index in [4.69, 9.17) is 10.5 Å². The van der Waals surface area contributed by atoms with E-state index in [1.165, 1.54) is 5.56 Å². The lowest BCUT2D eigenvalue weighted by Gasteiger charge is -2.31. The molecule has 1 aromatic rings. The first-order valence-corrected chi connectivity index (χ1v) is 6.44. The molecule has 0 amide bonds. The number of nitrogens with two attached hydrogens (primary N) is 1. The number of hydrogen-bond acceptors (Lipinski definition) is 2. The zero-order valence-corrected chi connectivity index (χ0v) is 11.1. The standard InChI is InChI=1S/C15H23NO/c1-15(2,3)12(9-16)8-11-10-17-14-7-5-4-6-13(11)14/h4-7,11-12H,8-10,16H2,1-3H3. The van der Waals surface area contributed by atoms with Crippen LogP contribution in [0.4, 0.5) is 0 Å². The van der Waals surface area contributed by atoms with Crippen molar-refractivity contribution in [1.29, 1.82) is 0 Å². The van der Waals surface area contributed by atoms with Crippen molar-refractivity contribution in [2.75, 3.05) is 13.2 Å². The second kappa shape index (κ2) is 4.69. The first-order chi connectivity index (χ1) is 8.02. The van der Waals surface area contributed by atoms with E-state index in [1.54, 1.807) is 0 Å². The normalized spacial score (nSPS) is 20.8. The van der Waals surface area contributed by atoms with Crippen LogP contribution in [0, 0.1) is 11.3 Å². The molecule has 0 aliphatic carbocycles. The molecule has 0 saturated carbocycles. The summed E-state index contributed by atoms with van der Waals surface area (Å²) in [7, 11) is 0. The first-order valence-electron chi connectivity index (χ1n) is 6.44. The highest BCUT2D eigenvalue weighted by Crippen LogP contribution is 2.40. The largest absolute Gasteiger partial charge is 0.493 e. The van der Waals surface area contributed by atoms with Gasteiger partial charge >= 0.3 is 0 Å². The van der Waals surface area contributed by atoms with Crippen LogP contribution in [0.2, 0.25) is 0 Å². The summed E-state index contributed by atoms with van der Waals surface area (Å²) in [4.78, 5) is 0. The number of fused-ring (bicyclic) bond motifs is 1. The van der Waals surface area contributed by atoms with Crippen molar-refractivity contribution in [3.8, 4) is 5.75 Å². The van der Waals surface area contributed by atoms with E-state index in [2.05, 4.69) is 39.0 Å². The van der Waals surface area contributed by atoms with Gasteiger partial charge in [0.25, 0.3) is 0 Å². The Morgan fingerprint density at radius 3 is 2.71 bits per heavy atom. The smallest absolute Gasteiger partial charge is 0.122 e. The molecule has 2 atom stereocenters. The fourth-order valence-corrected chi connectivity index (χ4v) is 2.57. The fraction of sp³-hybridized carbons (Fsp3) is 0.600. The Labute approximate surface area is 104 Å². The number of rotatable bonds is 3. The van der Waals surface area contributed by atoms with Crippen LogP contribution in [0.15, 0.2) is 24.3 Å². The summed E-state index contributed by atoms with van der Waals surface area (Å²) in [6.45, 7) is 8.37. The third kappa shape index (κ3) is 2.63. The lowest BCUT2D eigenvalue weighted by atomic mass is 9.75. The molecule has 1 aliphatic rings. The molecule has 1 heterocycles. The highest BCUT2D eigenvalue weighted by Gasteiger charge is 2.31. The summed E-state index contributed by atoms with van der Waals surface area (Å²) in [6, 6.07) is 8.37. The quantitative estimate of drug-likeness (QED) is 0.870. The SMILES string of the molecule is CC(C)(C)C(CN)CC1COc2ccccc21. The van der Waals surface area contributed by atoms with E-state index in [9.17, 15) is 0 Å². The predicted molar refractivity (Wildman–Crippen MR) is 71.3 cm³/mol. The molecule has 2 unspecified atom stereocenters. The summed E-state index contributed by atoms with van der Waals surface area (Å²) in [5.41, 5.74) is 7.54. The van der Waals surface area contributed by atoms with E-state index < -0.39 is 0 Å². The summed E-state index contributed by atoms with van der Waals surface area (Å²) in [5, 5.41) is 0. The van der Waals surface area contributed by atoms with Crippen LogP contribution in [0.3, 0.4) is 0 Å². The molecule has 0 saturated heterocycles. The second-order valence-corrected chi connectivity index (χ2v) is 6.08. The monoisotopic (exact) mass is 233 g/mol. The van der Waals surface area contributed by atoms with E-state index in [-0.39, 0.29) is 5.41 Å². The van der Waals surface area contributed by atoms with Crippen molar-refractivity contribution in [2.24, 2.45) is 17.1 Å². The molecule has 0 radical (unpaired) electrons. The van der Waals surface area contributed by atoms with E-state index in [0.717, 1.165) is 25.3 Å². The van der Waals surface area contributed by atoms with Gasteiger partial charge in [-0.25, -0.2) is 0 Å². The number of benzene rings is 1. The van der Waals surface area contributed by atoms with Crippen LogP contribution in [0.1, 0.15) is 38.7 Å². The van der Waals surface area contributed by atoms with Gasteiger partial charge in [0.05, 0.1) is 6.61 Å². The lowest BCUT2D eigenvalue weighted by molar-refractivity contribution is 0.207. The molecule has 0 aromatic heterocycles. The van der Waals surface area contributed by atoms with Gasteiger partial charge in [0.2, 0.25) is 0 Å². The molecule has 1 aromatic carbocycles. The van der Waals surface area contributed by atoms with Crippen LogP contribution >= 0.6 is 0 Å². The molecule has 0 bridgehead atoms. The molecule has 94 valence electrons. The Bertz CT molecular complexity index is 381. The summed E-state index contributed by atoms with van der Waals surface area (Å²) >= 11 is 0. The Balaban J connectivity index is 2.11. The molecule has 17 heavy (non-hydrogen) atoms. The molecule has 1 aliphatic heterocycles. The third-order valence-electron chi connectivity index (χ3n) is 3.88. The van der Waals surface area contributed by atoms with Crippen molar-refractivity contribution < 1.29 is 4.74 Å². The molecular weight excluding hydrogens is 210 g/mol. The number of ether oxygens (including phenoxy) is 1. The fourth-order valence-electron chi connectivity index (χ4n) is 2.57. The number of para-hydroxylation sites is 1. The molecule has 2 rings (SSSR count). The van der Waals surface area contributed by atoms with Gasteiger partial charge in [-0.1, -0.05) is 39.0 Å². The maximum absolute atomic E-state index is 5.92. The van der Waals surface area contributed by atoms with Crippen LogP contribution in [-0.4, -0.2) is 13.2 Å². The zero-order valence-electron chi connectivity index (χ0n) is 11.1.